The van der Waals surface area contributed by atoms with Crippen LogP contribution in [-0.2, 0) is 9.47 Å². The molecule has 1 unspecified atom stereocenters. The second kappa shape index (κ2) is 8.14. The van der Waals surface area contributed by atoms with Gasteiger partial charge in [0.2, 0.25) is 0 Å². The minimum absolute atomic E-state index is 0.490. The molecule has 2 rings (SSSR count). The SMILES string of the molecule is C1CO1.NCCNCCNCC1CO1. The third-order valence-corrected chi connectivity index (χ3v) is 1.78. The van der Waals surface area contributed by atoms with Gasteiger partial charge in [0.05, 0.1) is 25.9 Å². The predicted octanol–water partition coefficient (Wildman–Crippen LogP) is -1.46. The Bertz CT molecular complexity index is 126. The third kappa shape index (κ3) is 9.88. The van der Waals surface area contributed by atoms with Gasteiger partial charge in [-0.15, -0.1) is 0 Å². The Labute approximate surface area is 85.3 Å². The zero-order valence-electron chi connectivity index (χ0n) is 8.63. The first-order valence-corrected chi connectivity index (χ1v) is 5.24. The summed E-state index contributed by atoms with van der Waals surface area (Å²) in [5, 5.41) is 6.48. The van der Waals surface area contributed by atoms with Crippen LogP contribution in [-0.4, -0.2) is 58.6 Å². The molecule has 0 aromatic heterocycles. The molecule has 2 fully saturated rings. The van der Waals surface area contributed by atoms with Crippen molar-refractivity contribution >= 4 is 0 Å². The minimum atomic E-state index is 0.490. The zero-order valence-corrected chi connectivity index (χ0v) is 8.63. The Morgan fingerprint density at radius 2 is 1.79 bits per heavy atom. The molecule has 4 N–H and O–H groups in total. The summed E-state index contributed by atoms with van der Waals surface area (Å²) < 4.78 is 9.53. The molecule has 0 aliphatic carbocycles. The number of rotatable bonds is 7. The normalized spacial score (nSPS) is 22.5. The van der Waals surface area contributed by atoms with Gasteiger partial charge in [0.1, 0.15) is 0 Å². The predicted molar refractivity (Wildman–Crippen MR) is 55.4 cm³/mol. The Kier molecular flexibility index (Phi) is 6.90. The summed E-state index contributed by atoms with van der Waals surface area (Å²) in [5.74, 6) is 0. The van der Waals surface area contributed by atoms with Gasteiger partial charge in [-0.1, -0.05) is 0 Å². The van der Waals surface area contributed by atoms with Crippen molar-refractivity contribution in [3.63, 3.8) is 0 Å². The van der Waals surface area contributed by atoms with Crippen molar-refractivity contribution < 1.29 is 9.47 Å². The van der Waals surface area contributed by atoms with Gasteiger partial charge < -0.3 is 25.8 Å². The van der Waals surface area contributed by atoms with Crippen molar-refractivity contribution in [3.8, 4) is 0 Å². The number of nitrogens with one attached hydrogen (secondary N) is 2. The van der Waals surface area contributed by atoms with Gasteiger partial charge in [-0.05, 0) is 0 Å². The molecular formula is C9H21N3O2. The first kappa shape index (κ1) is 11.9. The number of ether oxygens (including phenoxy) is 2. The molecule has 5 nitrogen and oxygen atoms in total. The lowest BCUT2D eigenvalue weighted by molar-refractivity contribution is 0.396. The molecule has 2 aliphatic rings. The van der Waals surface area contributed by atoms with Gasteiger partial charge >= 0.3 is 0 Å². The van der Waals surface area contributed by atoms with Crippen molar-refractivity contribution in [2.24, 2.45) is 5.73 Å². The standard InChI is InChI=1S/C7H17N3O.C2H4O/c8-1-2-9-3-4-10-5-7-6-11-7;1-2-3-1/h7,9-10H,1-6,8H2;1-2H2. The van der Waals surface area contributed by atoms with Crippen LogP contribution in [0.1, 0.15) is 0 Å². The number of epoxide rings is 2. The Morgan fingerprint density at radius 3 is 2.29 bits per heavy atom. The second-order valence-electron chi connectivity index (χ2n) is 3.31. The number of hydrogen-bond donors (Lipinski definition) is 3. The molecule has 2 heterocycles. The summed E-state index contributed by atoms with van der Waals surface area (Å²) in [4.78, 5) is 0. The largest absolute Gasteiger partial charge is 0.377 e. The average Bonchev–Trinajstić information content (AvgIpc) is 3.07. The maximum atomic E-state index is 5.30. The maximum absolute atomic E-state index is 5.30. The summed E-state index contributed by atoms with van der Waals surface area (Å²) in [5.41, 5.74) is 5.30. The Morgan fingerprint density at radius 1 is 1.14 bits per heavy atom. The van der Waals surface area contributed by atoms with Crippen LogP contribution < -0.4 is 16.4 Å². The van der Waals surface area contributed by atoms with E-state index >= 15 is 0 Å². The molecule has 0 saturated carbocycles. The highest BCUT2D eigenvalue weighted by atomic mass is 16.6. The summed E-state index contributed by atoms with van der Waals surface area (Å²) in [6.45, 7) is 7.53. The summed E-state index contributed by atoms with van der Waals surface area (Å²) in [6.07, 6.45) is 0.490. The summed E-state index contributed by atoms with van der Waals surface area (Å²) >= 11 is 0. The topological polar surface area (TPSA) is 75.1 Å². The van der Waals surface area contributed by atoms with Gasteiger partial charge in [-0.25, -0.2) is 0 Å². The van der Waals surface area contributed by atoms with Crippen LogP contribution in [0.2, 0.25) is 0 Å². The lowest BCUT2D eigenvalue weighted by Gasteiger charge is -2.03. The van der Waals surface area contributed by atoms with Gasteiger partial charge in [0.15, 0.2) is 0 Å². The average molecular weight is 203 g/mol. The van der Waals surface area contributed by atoms with Gasteiger partial charge in [-0.3, -0.25) is 0 Å². The third-order valence-electron chi connectivity index (χ3n) is 1.78. The molecule has 2 saturated heterocycles. The first-order chi connectivity index (χ1) is 6.93. The molecule has 0 aromatic rings. The van der Waals surface area contributed by atoms with Crippen molar-refractivity contribution in [2.75, 3.05) is 52.5 Å². The monoisotopic (exact) mass is 203 g/mol. The van der Waals surface area contributed by atoms with Crippen molar-refractivity contribution in [2.45, 2.75) is 6.10 Å². The van der Waals surface area contributed by atoms with E-state index in [1.165, 1.54) is 0 Å². The highest BCUT2D eigenvalue weighted by molar-refractivity contribution is 4.71. The van der Waals surface area contributed by atoms with Crippen LogP contribution in [0.3, 0.4) is 0 Å². The summed E-state index contributed by atoms with van der Waals surface area (Å²) in [6, 6.07) is 0. The zero-order chi connectivity index (χ0) is 10.1. The van der Waals surface area contributed by atoms with Crippen molar-refractivity contribution in [3.05, 3.63) is 0 Å². The minimum Gasteiger partial charge on any atom is -0.377 e. The van der Waals surface area contributed by atoms with Crippen LogP contribution in [0.25, 0.3) is 0 Å². The molecule has 0 radical (unpaired) electrons. The summed E-state index contributed by atoms with van der Waals surface area (Å²) in [7, 11) is 0. The van der Waals surface area contributed by atoms with Crippen LogP contribution in [0, 0.1) is 0 Å². The molecule has 0 amide bonds. The van der Waals surface area contributed by atoms with Gasteiger partial charge in [0, 0.05) is 32.7 Å². The van der Waals surface area contributed by atoms with E-state index in [0.29, 0.717) is 12.6 Å². The van der Waals surface area contributed by atoms with E-state index in [-0.39, 0.29) is 0 Å². The smallest absolute Gasteiger partial charge is 0.0933 e. The molecular weight excluding hydrogens is 182 g/mol. The molecule has 0 bridgehead atoms. The van der Waals surface area contributed by atoms with E-state index in [4.69, 9.17) is 10.5 Å². The quantitative estimate of drug-likeness (QED) is 0.348. The lowest BCUT2D eigenvalue weighted by Crippen LogP contribution is -2.32. The van der Waals surface area contributed by atoms with Crippen LogP contribution in [0.5, 0.6) is 0 Å². The molecule has 14 heavy (non-hydrogen) atoms. The Hall–Kier alpha value is -0.200. The van der Waals surface area contributed by atoms with Gasteiger partial charge in [0.25, 0.3) is 0 Å². The van der Waals surface area contributed by atoms with Crippen molar-refractivity contribution in [1.29, 1.82) is 0 Å². The fourth-order valence-electron chi connectivity index (χ4n) is 0.853. The highest BCUT2D eigenvalue weighted by Crippen LogP contribution is 2.05. The number of hydrogen-bond acceptors (Lipinski definition) is 5. The molecule has 5 heteroatoms. The van der Waals surface area contributed by atoms with E-state index in [9.17, 15) is 0 Å². The molecule has 0 spiro atoms. The van der Waals surface area contributed by atoms with E-state index < -0.39 is 0 Å². The van der Waals surface area contributed by atoms with Crippen LogP contribution >= 0.6 is 0 Å². The van der Waals surface area contributed by atoms with Gasteiger partial charge in [-0.2, -0.15) is 0 Å². The fraction of sp³-hybridized carbons (Fsp3) is 1.00. The lowest BCUT2D eigenvalue weighted by atomic mass is 10.4. The van der Waals surface area contributed by atoms with Crippen LogP contribution in [0.15, 0.2) is 0 Å². The van der Waals surface area contributed by atoms with Crippen LogP contribution in [0.4, 0.5) is 0 Å². The van der Waals surface area contributed by atoms with E-state index in [1.807, 2.05) is 0 Å². The highest BCUT2D eigenvalue weighted by Gasteiger charge is 2.20. The van der Waals surface area contributed by atoms with E-state index in [1.54, 1.807) is 0 Å². The number of nitrogens with two attached hydrogens (primary N) is 1. The molecule has 0 aromatic carbocycles. The van der Waals surface area contributed by atoms with E-state index in [2.05, 4.69) is 15.4 Å². The molecule has 2 aliphatic heterocycles. The maximum Gasteiger partial charge on any atom is 0.0933 e. The fourth-order valence-corrected chi connectivity index (χ4v) is 0.853. The van der Waals surface area contributed by atoms with Crippen molar-refractivity contribution in [1.82, 2.24) is 10.6 Å². The molecule has 1 atom stereocenters. The molecule has 84 valence electrons. The first-order valence-electron chi connectivity index (χ1n) is 5.24. The van der Waals surface area contributed by atoms with E-state index in [0.717, 1.165) is 46.0 Å². The Balaban J connectivity index is 0.000000276. The second-order valence-corrected chi connectivity index (χ2v) is 3.31.